The molecule has 0 radical (unpaired) electrons. The molecule has 2 heterocycles. The normalized spacial score (nSPS) is 15.9. The van der Waals surface area contributed by atoms with Crippen LogP contribution in [-0.4, -0.2) is 41.3 Å². The van der Waals surface area contributed by atoms with Crippen LogP contribution >= 0.6 is 0 Å². The fraction of sp³-hybridized carbons (Fsp3) is 0.526. The molecule has 0 atom stereocenters. The van der Waals surface area contributed by atoms with Crippen molar-refractivity contribution in [1.29, 1.82) is 0 Å². The fourth-order valence-corrected chi connectivity index (χ4v) is 3.08. The summed E-state index contributed by atoms with van der Waals surface area (Å²) in [5.41, 5.74) is 7.68. The van der Waals surface area contributed by atoms with Gasteiger partial charge in [0.1, 0.15) is 11.4 Å². The summed E-state index contributed by atoms with van der Waals surface area (Å²) in [5.74, 6) is 1.34. The molecule has 1 aromatic heterocycles. The van der Waals surface area contributed by atoms with E-state index in [1.165, 1.54) is 0 Å². The van der Waals surface area contributed by atoms with Crippen molar-refractivity contribution in [3.05, 3.63) is 24.4 Å². The summed E-state index contributed by atoms with van der Waals surface area (Å²) >= 11 is 0. The fourth-order valence-electron chi connectivity index (χ4n) is 3.08. The van der Waals surface area contributed by atoms with E-state index in [0.717, 1.165) is 42.8 Å². The lowest BCUT2D eigenvalue weighted by atomic mass is 9.97. The molecule has 1 aliphatic rings. The highest BCUT2D eigenvalue weighted by Crippen LogP contribution is 2.23. The predicted octanol–water partition coefficient (Wildman–Crippen LogP) is 2.95. The maximum atomic E-state index is 11.8. The first-order chi connectivity index (χ1) is 12.3. The molecule has 1 saturated heterocycles. The van der Waals surface area contributed by atoms with Crippen LogP contribution in [0.15, 0.2) is 24.4 Å². The summed E-state index contributed by atoms with van der Waals surface area (Å²) in [6.07, 6.45) is 3.45. The van der Waals surface area contributed by atoms with Crippen molar-refractivity contribution in [2.45, 2.75) is 39.2 Å². The van der Waals surface area contributed by atoms with Crippen LogP contribution in [0.5, 0.6) is 0 Å². The molecule has 7 heteroatoms. The van der Waals surface area contributed by atoms with Gasteiger partial charge in [-0.15, -0.1) is 0 Å². The van der Waals surface area contributed by atoms with Gasteiger partial charge in [0.15, 0.2) is 0 Å². The first-order valence-corrected chi connectivity index (χ1v) is 9.04. The highest BCUT2D eigenvalue weighted by molar-refractivity contribution is 5.79. The minimum atomic E-state index is -0.465. The Balaban J connectivity index is 1.52. The number of hydrogen-bond acceptors (Lipinski definition) is 6. The van der Waals surface area contributed by atoms with Crippen molar-refractivity contribution in [1.82, 2.24) is 15.3 Å². The number of piperidine rings is 1. The van der Waals surface area contributed by atoms with Crippen LogP contribution in [0.3, 0.4) is 0 Å². The number of amides is 1. The Bertz CT molecular complexity index is 779. The van der Waals surface area contributed by atoms with E-state index < -0.39 is 5.60 Å². The van der Waals surface area contributed by atoms with Crippen LogP contribution in [-0.2, 0) is 4.74 Å². The molecule has 26 heavy (non-hydrogen) atoms. The van der Waals surface area contributed by atoms with Gasteiger partial charge in [-0.2, -0.15) is 0 Å². The Hall–Kier alpha value is -2.57. The third kappa shape index (κ3) is 4.74. The Kier molecular flexibility index (Phi) is 5.15. The number of benzene rings is 1. The number of nitrogen functional groups attached to an aromatic ring is 1. The molecular weight excluding hydrogens is 330 g/mol. The SMILES string of the molecule is CC(C)(C)OC(=O)NCC1CCN(c2cnc3cc(N)ccc3n2)CC1. The van der Waals surface area contributed by atoms with Crippen LogP contribution in [0.25, 0.3) is 11.0 Å². The van der Waals surface area contributed by atoms with Gasteiger partial charge < -0.3 is 20.7 Å². The largest absolute Gasteiger partial charge is 0.444 e. The predicted molar refractivity (Wildman–Crippen MR) is 103 cm³/mol. The van der Waals surface area contributed by atoms with Gasteiger partial charge in [-0.3, -0.25) is 4.98 Å². The highest BCUT2D eigenvalue weighted by Gasteiger charge is 2.22. The minimum absolute atomic E-state index is 0.348. The van der Waals surface area contributed by atoms with E-state index in [2.05, 4.69) is 15.2 Å². The number of nitrogens with zero attached hydrogens (tertiary/aromatic N) is 3. The van der Waals surface area contributed by atoms with Gasteiger partial charge in [-0.1, -0.05) is 0 Å². The average molecular weight is 357 g/mol. The third-order valence-electron chi connectivity index (χ3n) is 4.43. The lowest BCUT2D eigenvalue weighted by Gasteiger charge is -2.32. The summed E-state index contributed by atoms with van der Waals surface area (Å²) in [6.45, 7) is 8.04. The summed E-state index contributed by atoms with van der Waals surface area (Å²) in [6, 6.07) is 5.58. The molecule has 0 bridgehead atoms. The first kappa shape index (κ1) is 18.2. The standard InChI is InChI=1S/C19H27N5O2/c1-19(2,3)26-18(25)22-11-13-6-8-24(9-7-13)17-12-21-16-10-14(20)4-5-15(16)23-17/h4-5,10,12-13H,6-9,11,20H2,1-3H3,(H,22,25). The van der Waals surface area contributed by atoms with E-state index in [1.807, 2.05) is 39.0 Å². The van der Waals surface area contributed by atoms with E-state index in [4.69, 9.17) is 15.5 Å². The number of nitrogens with one attached hydrogen (secondary N) is 1. The number of carbonyl (C=O) groups excluding carboxylic acids is 1. The second-order valence-electron chi connectivity index (χ2n) is 7.79. The first-order valence-electron chi connectivity index (χ1n) is 9.04. The molecule has 3 rings (SSSR count). The Morgan fingerprint density at radius 1 is 1.31 bits per heavy atom. The highest BCUT2D eigenvalue weighted by atomic mass is 16.6. The van der Waals surface area contributed by atoms with Crippen molar-refractivity contribution in [3.63, 3.8) is 0 Å². The second-order valence-corrected chi connectivity index (χ2v) is 7.79. The Labute approximate surface area is 153 Å². The van der Waals surface area contributed by atoms with Crippen LogP contribution in [0.4, 0.5) is 16.3 Å². The molecule has 1 aromatic carbocycles. The molecule has 7 nitrogen and oxygen atoms in total. The topological polar surface area (TPSA) is 93.4 Å². The molecule has 1 amide bonds. The number of carbonyl (C=O) groups is 1. The summed E-state index contributed by atoms with van der Waals surface area (Å²) < 4.78 is 5.28. The van der Waals surface area contributed by atoms with Crippen LogP contribution in [0, 0.1) is 5.92 Å². The molecule has 140 valence electrons. The molecule has 1 fully saturated rings. The second kappa shape index (κ2) is 7.35. The van der Waals surface area contributed by atoms with E-state index in [9.17, 15) is 4.79 Å². The van der Waals surface area contributed by atoms with E-state index in [0.29, 0.717) is 18.2 Å². The smallest absolute Gasteiger partial charge is 0.407 e. The molecule has 0 aliphatic carbocycles. The number of hydrogen-bond donors (Lipinski definition) is 2. The number of aromatic nitrogens is 2. The van der Waals surface area contributed by atoms with Gasteiger partial charge in [0.05, 0.1) is 17.2 Å². The lowest BCUT2D eigenvalue weighted by Crippen LogP contribution is -2.40. The lowest BCUT2D eigenvalue weighted by molar-refractivity contribution is 0.0517. The van der Waals surface area contributed by atoms with E-state index in [1.54, 1.807) is 6.20 Å². The van der Waals surface area contributed by atoms with Gasteiger partial charge in [-0.05, 0) is 57.7 Å². The number of rotatable bonds is 3. The monoisotopic (exact) mass is 357 g/mol. The van der Waals surface area contributed by atoms with Crippen LogP contribution in [0.2, 0.25) is 0 Å². The molecule has 0 saturated carbocycles. The van der Waals surface area contributed by atoms with Gasteiger partial charge in [0.2, 0.25) is 0 Å². The summed E-state index contributed by atoms with van der Waals surface area (Å²) in [4.78, 5) is 23.2. The van der Waals surface area contributed by atoms with Crippen LogP contribution < -0.4 is 16.0 Å². The molecule has 3 N–H and O–H groups in total. The zero-order chi connectivity index (χ0) is 18.7. The van der Waals surface area contributed by atoms with Gasteiger partial charge >= 0.3 is 6.09 Å². The van der Waals surface area contributed by atoms with Crippen molar-refractivity contribution in [3.8, 4) is 0 Å². The summed E-state index contributed by atoms with van der Waals surface area (Å²) in [5, 5.41) is 2.87. The minimum Gasteiger partial charge on any atom is -0.444 e. The van der Waals surface area contributed by atoms with Crippen LogP contribution in [0.1, 0.15) is 33.6 Å². The summed E-state index contributed by atoms with van der Waals surface area (Å²) in [7, 11) is 0. The van der Waals surface area contributed by atoms with Gasteiger partial charge in [-0.25, -0.2) is 9.78 Å². The molecule has 1 aliphatic heterocycles. The molecule has 0 spiro atoms. The Morgan fingerprint density at radius 3 is 2.73 bits per heavy atom. The van der Waals surface area contributed by atoms with E-state index >= 15 is 0 Å². The van der Waals surface area contributed by atoms with Gasteiger partial charge in [0.25, 0.3) is 0 Å². The number of ether oxygens (including phenoxy) is 1. The average Bonchev–Trinajstić information content (AvgIpc) is 2.58. The molecule has 2 aromatic rings. The maximum absolute atomic E-state index is 11.8. The zero-order valence-corrected chi connectivity index (χ0v) is 15.7. The van der Waals surface area contributed by atoms with Crippen molar-refractivity contribution < 1.29 is 9.53 Å². The number of nitrogens with two attached hydrogens (primary N) is 1. The number of alkyl carbamates (subject to hydrolysis) is 1. The van der Waals surface area contributed by atoms with Crippen molar-refractivity contribution in [2.75, 3.05) is 30.3 Å². The van der Waals surface area contributed by atoms with E-state index in [-0.39, 0.29) is 6.09 Å². The van der Waals surface area contributed by atoms with Crippen molar-refractivity contribution in [2.24, 2.45) is 5.92 Å². The molecular formula is C19H27N5O2. The number of anilines is 2. The third-order valence-corrected chi connectivity index (χ3v) is 4.43. The van der Waals surface area contributed by atoms with Crippen molar-refractivity contribution >= 4 is 28.6 Å². The molecule has 0 unspecified atom stereocenters. The zero-order valence-electron chi connectivity index (χ0n) is 15.7. The Morgan fingerprint density at radius 2 is 2.04 bits per heavy atom. The quantitative estimate of drug-likeness (QED) is 0.820. The van der Waals surface area contributed by atoms with Gasteiger partial charge in [0, 0.05) is 25.3 Å². The number of fused-ring (bicyclic) bond motifs is 1. The maximum Gasteiger partial charge on any atom is 0.407 e.